The van der Waals surface area contributed by atoms with Crippen LogP contribution in [0.3, 0.4) is 0 Å². The third-order valence-electron chi connectivity index (χ3n) is 5.51. The number of aliphatic hydroxyl groups excluding tert-OH is 1. The molecule has 1 aromatic rings. The second-order valence-corrected chi connectivity index (χ2v) is 10.1. The summed E-state index contributed by atoms with van der Waals surface area (Å²) in [5.74, 6) is 5.51. The van der Waals surface area contributed by atoms with E-state index >= 15 is 0 Å². The molecule has 0 amide bonds. The molecule has 1 heterocycles. The van der Waals surface area contributed by atoms with Crippen molar-refractivity contribution in [3.8, 4) is 11.8 Å². The molecule has 1 aliphatic heterocycles. The Balaban J connectivity index is 1.95. The van der Waals surface area contributed by atoms with E-state index in [0.29, 0.717) is 19.5 Å². The van der Waals surface area contributed by atoms with Gasteiger partial charge in [-0.2, -0.15) is 0 Å². The Morgan fingerprint density at radius 2 is 1.97 bits per heavy atom. The van der Waals surface area contributed by atoms with Crippen LogP contribution >= 0.6 is 0 Å². The SMILES string of the molecule is CCC(C)(C(=O)ON1CC=C(c2ccc(C#CCCCCO)cc2)CC1)S(C)(=O)=O. The minimum atomic E-state index is -3.57. The third-order valence-corrected chi connectivity index (χ3v) is 7.60. The fraction of sp³-hybridized carbons (Fsp3) is 0.522. The zero-order valence-corrected chi connectivity index (χ0v) is 18.8. The summed E-state index contributed by atoms with van der Waals surface area (Å²) in [5, 5.41) is 10.3. The van der Waals surface area contributed by atoms with Crippen molar-refractivity contribution in [2.75, 3.05) is 26.0 Å². The van der Waals surface area contributed by atoms with E-state index in [1.807, 2.05) is 30.3 Å². The molecular formula is C23H31NO5S. The standard InChI is InChI=1S/C23H31NO5S/c1-4-23(2,30(3,27)28)22(26)29-24-16-14-21(15-17-24)20-12-10-19(11-13-20)9-7-5-6-8-18-25/h10-14,25H,4-6,8,15-18H2,1-3H3. The Labute approximate surface area is 179 Å². The molecule has 0 aliphatic carbocycles. The van der Waals surface area contributed by atoms with Crippen LogP contribution in [0.1, 0.15) is 57.1 Å². The zero-order valence-electron chi connectivity index (χ0n) is 18.0. The van der Waals surface area contributed by atoms with Gasteiger partial charge in [0.1, 0.15) is 0 Å². The van der Waals surface area contributed by atoms with Crippen LogP contribution in [0.15, 0.2) is 30.3 Å². The van der Waals surface area contributed by atoms with Crippen molar-refractivity contribution in [2.45, 2.75) is 50.7 Å². The molecule has 1 N–H and O–H groups in total. The minimum Gasteiger partial charge on any atom is -0.396 e. The summed E-state index contributed by atoms with van der Waals surface area (Å²) in [5.41, 5.74) is 3.21. The van der Waals surface area contributed by atoms with Gasteiger partial charge in [0.15, 0.2) is 14.6 Å². The van der Waals surface area contributed by atoms with Gasteiger partial charge in [-0.25, -0.2) is 13.2 Å². The van der Waals surface area contributed by atoms with Crippen LogP contribution in [0.4, 0.5) is 0 Å². The van der Waals surface area contributed by atoms with E-state index in [1.165, 1.54) is 12.0 Å². The maximum Gasteiger partial charge on any atom is 0.346 e. The quantitative estimate of drug-likeness (QED) is 0.501. The number of carbonyl (C=O) groups excluding carboxylic acids is 1. The first kappa shape index (κ1) is 24.1. The predicted molar refractivity (Wildman–Crippen MR) is 118 cm³/mol. The Bertz CT molecular complexity index is 925. The number of benzene rings is 1. The van der Waals surface area contributed by atoms with Gasteiger partial charge in [-0.05, 0) is 55.9 Å². The molecule has 164 valence electrons. The molecule has 6 nitrogen and oxygen atoms in total. The van der Waals surface area contributed by atoms with E-state index in [-0.39, 0.29) is 13.0 Å². The van der Waals surface area contributed by atoms with Crippen molar-refractivity contribution in [3.63, 3.8) is 0 Å². The number of rotatable bonds is 8. The molecule has 1 atom stereocenters. The smallest absolute Gasteiger partial charge is 0.346 e. The highest BCUT2D eigenvalue weighted by Crippen LogP contribution is 2.26. The van der Waals surface area contributed by atoms with E-state index < -0.39 is 20.6 Å². The van der Waals surface area contributed by atoms with Crippen LogP contribution in [-0.2, 0) is 19.5 Å². The average molecular weight is 434 g/mol. The lowest BCUT2D eigenvalue weighted by atomic mass is 9.99. The average Bonchev–Trinajstić information content (AvgIpc) is 2.73. The Morgan fingerprint density at radius 3 is 2.50 bits per heavy atom. The number of unbranched alkanes of at least 4 members (excludes halogenated alkanes) is 2. The van der Waals surface area contributed by atoms with Gasteiger partial charge in [0.05, 0.1) is 6.54 Å². The summed E-state index contributed by atoms with van der Waals surface area (Å²) >= 11 is 0. The van der Waals surface area contributed by atoms with Gasteiger partial charge in [-0.1, -0.05) is 37.0 Å². The summed E-state index contributed by atoms with van der Waals surface area (Å²) in [7, 11) is -3.57. The zero-order chi connectivity index (χ0) is 22.2. The van der Waals surface area contributed by atoms with Crippen LogP contribution in [0, 0.1) is 11.8 Å². The number of hydrogen-bond acceptors (Lipinski definition) is 6. The van der Waals surface area contributed by atoms with Crippen molar-refractivity contribution in [3.05, 3.63) is 41.5 Å². The lowest BCUT2D eigenvalue weighted by Gasteiger charge is -2.30. The lowest BCUT2D eigenvalue weighted by molar-refractivity contribution is -0.191. The number of carbonyl (C=O) groups is 1. The molecule has 1 unspecified atom stereocenters. The first-order valence-electron chi connectivity index (χ1n) is 10.3. The molecule has 1 aromatic carbocycles. The van der Waals surface area contributed by atoms with E-state index in [4.69, 9.17) is 9.94 Å². The van der Waals surface area contributed by atoms with Crippen molar-refractivity contribution < 1.29 is 23.2 Å². The first-order chi connectivity index (χ1) is 14.2. The molecule has 2 rings (SSSR count). The van der Waals surface area contributed by atoms with Gasteiger partial charge < -0.3 is 9.94 Å². The fourth-order valence-corrected chi connectivity index (χ4v) is 3.89. The van der Waals surface area contributed by atoms with Crippen LogP contribution in [-0.4, -0.2) is 55.3 Å². The topological polar surface area (TPSA) is 83.9 Å². The molecule has 0 spiro atoms. The highest BCUT2D eigenvalue weighted by atomic mass is 32.2. The highest BCUT2D eigenvalue weighted by molar-refractivity contribution is 7.92. The number of sulfone groups is 1. The van der Waals surface area contributed by atoms with Crippen molar-refractivity contribution >= 4 is 21.4 Å². The predicted octanol–water partition coefficient (Wildman–Crippen LogP) is 2.96. The van der Waals surface area contributed by atoms with Crippen LogP contribution in [0.25, 0.3) is 5.57 Å². The largest absolute Gasteiger partial charge is 0.396 e. The molecule has 0 aromatic heterocycles. The van der Waals surface area contributed by atoms with E-state index in [9.17, 15) is 13.2 Å². The normalized spacial score (nSPS) is 16.7. The highest BCUT2D eigenvalue weighted by Gasteiger charge is 2.44. The molecule has 0 saturated heterocycles. The summed E-state index contributed by atoms with van der Waals surface area (Å²) in [6, 6.07) is 8.03. The maximum absolute atomic E-state index is 12.5. The lowest BCUT2D eigenvalue weighted by Crippen LogP contribution is -2.47. The molecule has 0 bridgehead atoms. The number of hydrogen-bond donors (Lipinski definition) is 1. The molecule has 0 saturated carbocycles. The maximum atomic E-state index is 12.5. The molecular weight excluding hydrogens is 402 g/mol. The summed E-state index contributed by atoms with van der Waals surface area (Å²) in [6.45, 7) is 4.20. The van der Waals surface area contributed by atoms with E-state index in [0.717, 1.165) is 42.2 Å². The van der Waals surface area contributed by atoms with Gasteiger partial charge in [-0.3, -0.25) is 0 Å². The first-order valence-corrected chi connectivity index (χ1v) is 12.2. The van der Waals surface area contributed by atoms with Gasteiger partial charge >= 0.3 is 5.97 Å². The second-order valence-electron chi connectivity index (χ2n) is 7.66. The monoisotopic (exact) mass is 433 g/mol. The molecule has 0 fully saturated rings. The number of hydroxylamine groups is 2. The van der Waals surface area contributed by atoms with Crippen molar-refractivity contribution in [1.29, 1.82) is 0 Å². The Morgan fingerprint density at radius 1 is 1.27 bits per heavy atom. The number of aliphatic hydroxyl groups is 1. The second kappa shape index (κ2) is 10.8. The summed E-state index contributed by atoms with van der Waals surface area (Å²) in [6.07, 6.45) is 6.37. The van der Waals surface area contributed by atoms with Gasteiger partial charge in [0, 0.05) is 31.4 Å². The van der Waals surface area contributed by atoms with Crippen LogP contribution < -0.4 is 0 Å². The van der Waals surface area contributed by atoms with E-state index in [2.05, 4.69) is 11.8 Å². The molecule has 1 aliphatic rings. The minimum absolute atomic E-state index is 0.163. The van der Waals surface area contributed by atoms with Gasteiger partial charge in [-0.15, -0.1) is 5.06 Å². The van der Waals surface area contributed by atoms with Crippen LogP contribution in [0.5, 0.6) is 0 Å². The molecule has 7 heteroatoms. The third kappa shape index (κ3) is 6.18. The van der Waals surface area contributed by atoms with Crippen molar-refractivity contribution in [1.82, 2.24) is 5.06 Å². The molecule has 30 heavy (non-hydrogen) atoms. The van der Waals surface area contributed by atoms with Crippen molar-refractivity contribution in [2.24, 2.45) is 0 Å². The van der Waals surface area contributed by atoms with E-state index in [1.54, 1.807) is 6.92 Å². The number of nitrogens with zero attached hydrogens (tertiary/aromatic N) is 1. The Kier molecular flexibility index (Phi) is 8.65. The van der Waals surface area contributed by atoms with Crippen LogP contribution in [0.2, 0.25) is 0 Å². The molecule has 0 radical (unpaired) electrons. The summed E-state index contributed by atoms with van der Waals surface area (Å²) in [4.78, 5) is 17.8. The fourth-order valence-electron chi connectivity index (χ4n) is 3.02. The van der Waals surface area contributed by atoms with Gasteiger partial charge in [0.25, 0.3) is 0 Å². The van der Waals surface area contributed by atoms with Gasteiger partial charge in [0.2, 0.25) is 0 Å². The Hall–Kier alpha value is -2.14. The summed E-state index contributed by atoms with van der Waals surface area (Å²) < 4.78 is 22.5.